The summed E-state index contributed by atoms with van der Waals surface area (Å²) in [6, 6.07) is 23.1. The first kappa shape index (κ1) is 26.6. The monoisotopic (exact) mass is 490 g/mol. The number of hydrogen-bond acceptors (Lipinski definition) is 5. The number of ether oxygens (including phenoxy) is 2. The van der Waals surface area contributed by atoms with Crippen LogP contribution in [-0.2, 0) is 4.74 Å². The van der Waals surface area contributed by atoms with Crippen molar-refractivity contribution in [3.05, 3.63) is 95.6 Å². The molecule has 0 aromatic heterocycles. The van der Waals surface area contributed by atoms with Gasteiger partial charge < -0.3 is 9.47 Å². The summed E-state index contributed by atoms with van der Waals surface area (Å²) >= 11 is 4.23. The van der Waals surface area contributed by atoms with E-state index in [4.69, 9.17) is 9.47 Å². The van der Waals surface area contributed by atoms with E-state index in [0.29, 0.717) is 29.0 Å². The van der Waals surface area contributed by atoms with Crippen molar-refractivity contribution < 1.29 is 19.1 Å². The molecule has 0 saturated carbocycles. The van der Waals surface area contributed by atoms with Crippen LogP contribution in [0.1, 0.15) is 77.6 Å². The van der Waals surface area contributed by atoms with Crippen molar-refractivity contribution in [1.82, 2.24) is 0 Å². The standard InChI is InChI=1S/C30H34O4S/c31-29(25-18-20-28(21-19-25)34-27-12-8-7-9-13-27)24-14-16-26(17-15-24)30(32)33-22-10-5-3-1-2-4-6-11-23-35/h7-9,12-21,35H,1-6,10-11,22-23H2. The van der Waals surface area contributed by atoms with Gasteiger partial charge in [0.25, 0.3) is 0 Å². The lowest BCUT2D eigenvalue weighted by Crippen LogP contribution is -2.07. The van der Waals surface area contributed by atoms with Crippen molar-refractivity contribution >= 4 is 24.4 Å². The summed E-state index contributed by atoms with van der Waals surface area (Å²) in [5.41, 5.74) is 1.53. The van der Waals surface area contributed by atoms with Crippen molar-refractivity contribution in [2.75, 3.05) is 12.4 Å². The molecular formula is C30H34O4S. The normalized spacial score (nSPS) is 10.7. The largest absolute Gasteiger partial charge is 0.462 e. The SMILES string of the molecule is O=C(OCCCCCCCCCCS)c1ccc(C(=O)c2ccc(Oc3ccccc3)cc2)cc1. The Labute approximate surface area is 214 Å². The van der Waals surface area contributed by atoms with Gasteiger partial charge in [0.2, 0.25) is 0 Å². The van der Waals surface area contributed by atoms with Gasteiger partial charge in [-0.2, -0.15) is 12.6 Å². The van der Waals surface area contributed by atoms with Crippen LogP contribution in [0.15, 0.2) is 78.9 Å². The molecule has 35 heavy (non-hydrogen) atoms. The fourth-order valence-electron chi connectivity index (χ4n) is 3.75. The van der Waals surface area contributed by atoms with Gasteiger partial charge in [0.15, 0.2) is 5.78 Å². The molecule has 4 nitrogen and oxygen atoms in total. The van der Waals surface area contributed by atoms with Crippen molar-refractivity contribution in [2.24, 2.45) is 0 Å². The number of esters is 1. The van der Waals surface area contributed by atoms with Gasteiger partial charge in [-0.25, -0.2) is 4.79 Å². The molecule has 0 radical (unpaired) electrons. The van der Waals surface area contributed by atoms with E-state index < -0.39 is 0 Å². The molecular weight excluding hydrogens is 456 g/mol. The maximum Gasteiger partial charge on any atom is 0.338 e. The Balaban J connectivity index is 1.39. The molecule has 0 heterocycles. The molecule has 0 fully saturated rings. The van der Waals surface area contributed by atoms with E-state index >= 15 is 0 Å². The summed E-state index contributed by atoms with van der Waals surface area (Å²) in [4.78, 5) is 25.1. The quantitative estimate of drug-likeness (QED) is 0.102. The first-order valence-corrected chi connectivity index (χ1v) is 13.1. The van der Waals surface area contributed by atoms with E-state index in [2.05, 4.69) is 12.6 Å². The highest BCUT2D eigenvalue weighted by Gasteiger charge is 2.12. The number of carbonyl (C=O) groups is 2. The van der Waals surface area contributed by atoms with Crippen LogP contribution in [0, 0.1) is 0 Å². The van der Waals surface area contributed by atoms with Gasteiger partial charge in [0.1, 0.15) is 11.5 Å². The third kappa shape index (κ3) is 9.25. The number of thiol groups is 1. The van der Waals surface area contributed by atoms with Gasteiger partial charge in [-0.05, 0) is 67.1 Å². The summed E-state index contributed by atoms with van der Waals surface area (Å²) in [6.45, 7) is 0.427. The molecule has 0 atom stereocenters. The van der Waals surface area contributed by atoms with Gasteiger partial charge in [0.05, 0.1) is 12.2 Å². The zero-order valence-corrected chi connectivity index (χ0v) is 21.1. The smallest absolute Gasteiger partial charge is 0.338 e. The average molecular weight is 491 g/mol. The average Bonchev–Trinajstić information content (AvgIpc) is 2.90. The molecule has 3 rings (SSSR count). The Morgan fingerprint density at radius 2 is 1.06 bits per heavy atom. The van der Waals surface area contributed by atoms with Crippen LogP contribution in [0.25, 0.3) is 0 Å². The van der Waals surface area contributed by atoms with Crippen LogP contribution in [0.5, 0.6) is 11.5 Å². The highest BCUT2D eigenvalue weighted by Crippen LogP contribution is 2.22. The second-order valence-corrected chi connectivity index (χ2v) is 8.98. The summed E-state index contributed by atoms with van der Waals surface area (Å²) in [7, 11) is 0. The fraction of sp³-hybridized carbons (Fsp3) is 0.333. The summed E-state index contributed by atoms with van der Waals surface area (Å²) < 4.78 is 11.2. The van der Waals surface area contributed by atoms with Crippen molar-refractivity contribution in [1.29, 1.82) is 0 Å². The van der Waals surface area contributed by atoms with Crippen LogP contribution in [0.4, 0.5) is 0 Å². The Hall–Kier alpha value is -3.05. The zero-order chi connectivity index (χ0) is 24.7. The molecule has 0 bridgehead atoms. The predicted molar refractivity (Wildman–Crippen MR) is 144 cm³/mol. The fourth-order valence-corrected chi connectivity index (χ4v) is 3.97. The molecule has 0 N–H and O–H groups in total. The van der Waals surface area contributed by atoms with Gasteiger partial charge in [0, 0.05) is 11.1 Å². The van der Waals surface area contributed by atoms with Gasteiger partial charge in [-0.1, -0.05) is 68.9 Å². The van der Waals surface area contributed by atoms with Crippen LogP contribution in [-0.4, -0.2) is 24.1 Å². The van der Waals surface area contributed by atoms with Gasteiger partial charge in [-0.15, -0.1) is 0 Å². The molecule has 0 aliphatic heterocycles. The number of carbonyl (C=O) groups excluding carboxylic acids is 2. The Morgan fingerprint density at radius 1 is 0.571 bits per heavy atom. The Bertz CT molecular complexity index is 1030. The first-order valence-electron chi connectivity index (χ1n) is 12.4. The highest BCUT2D eigenvalue weighted by atomic mass is 32.1. The number of para-hydroxylation sites is 1. The minimum Gasteiger partial charge on any atom is -0.462 e. The molecule has 3 aromatic rings. The molecule has 0 unspecified atom stereocenters. The molecule has 0 aliphatic rings. The Morgan fingerprint density at radius 3 is 1.66 bits per heavy atom. The van der Waals surface area contributed by atoms with Gasteiger partial charge in [-0.3, -0.25) is 4.79 Å². The number of benzene rings is 3. The maximum absolute atomic E-state index is 12.8. The molecule has 184 valence electrons. The lowest BCUT2D eigenvalue weighted by molar-refractivity contribution is 0.0497. The van der Waals surface area contributed by atoms with Crippen molar-refractivity contribution in [3.8, 4) is 11.5 Å². The van der Waals surface area contributed by atoms with Crippen LogP contribution in [0.3, 0.4) is 0 Å². The summed E-state index contributed by atoms with van der Waals surface area (Å²) in [5, 5.41) is 0. The summed E-state index contributed by atoms with van der Waals surface area (Å²) in [5.74, 6) is 1.92. The second-order valence-electron chi connectivity index (χ2n) is 8.53. The van der Waals surface area contributed by atoms with Crippen LogP contribution < -0.4 is 4.74 Å². The number of ketones is 1. The topological polar surface area (TPSA) is 52.6 Å². The third-order valence-electron chi connectivity index (χ3n) is 5.76. The van der Waals surface area contributed by atoms with Crippen LogP contribution in [0.2, 0.25) is 0 Å². The van der Waals surface area contributed by atoms with E-state index in [1.807, 2.05) is 30.3 Å². The zero-order valence-electron chi connectivity index (χ0n) is 20.2. The molecule has 0 spiro atoms. The highest BCUT2D eigenvalue weighted by molar-refractivity contribution is 7.80. The number of rotatable bonds is 15. The van der Waals surface area contributed by atoms with E-state index in [1.165, 1.54) is 38.5 Å². The molecule has 0 aliphatic carbocycles. The number of unbranched alkanes of at least 4 members (excludes halogenated alkanes) is 7. The molecule has 5 heteroatoms. The van der Waals surface area contributed by atoms with Crippen LogP contribution >= 0.6 is 12.6 Å². The minimum absolute atomic E-state index is 0.109. The second kappa shape index (κ2) is 15.0. The van der Waals surface area contributed by atoms with E-state index in [1.54, 1.807) is 48.5 Å². The van der Waals surface area contributed by atoms with Gasteiger partial charge >= 0.3 is 5.97 Å². The first-order chi connectivity index (χ1) is 17.2. The maximum atomic E-state index is 12.8. The Kier molecular flexibility index (Phi) is 11.4. The number of hydrogen-bond donors (Lipinski definition) is 1. The lowest BCUT2D eigenvalue weighted by Gasteiger charge is -2.07. The molecule has 0 saturated heterocycles. The summed E-state index contributed by atoms with van der Waals surface area (Å²) in [6.07, 6.45) is 9.37. The van der Waals surface area contributed by atoms with Crippen molar-refractivity contribution in [3.63, 3.8) is 0 Å². The lowest BCUT2D eigenvalue weighted by atomic mass is 10.0. The van der Waals surface area contributed by atoms with E-state index in [-0.39, 0.29) is 11.8 Å². The van der Waals surface area contributed by atoms with E-state index in [0.717, 1.165) is 24.3 Å². The minimum atomic E-state index is -0.349. The molecule has 0 amide bonds. The van der Waals surface area contributed by atoms with E-state index in [9.17, 15) is 9.59 Å². The third-order valence-corrected chi connectivity index (χ3v) is 6.08. The van der Waals surface area contributed by atoms with Crippen molar-refractivity contribution in [2.45, 2.75) is 51.4 Å². The predicted octanol–water partition coefficient (Wildman–Crippen LogP) is 7.92. The molecule has 3 aromatic carbocycles.